The molecule has 0 saturated carbocycles. The highest BCUT2D eigenvalue weighted by Gasteiger charge is 2.46. The Morgan fingerprint density at radius 3 is 2.52 bits per heavy atom. The van der Waals surface area contributed by atoms with E-state index in [1.165, 1.54) is 4.90 Å². The summed E-state index contributed by atoms with van der Waals surface area (Å²) in [6.45, 7) is 2.07. The van der Waals surface area contributed by atoms with Gasteiger partial charge in [0.05, 0.1) is 31.0 Å². The molecule has 1 unspecified atom stereocenters. The number of amides is 1. The Morgan fingerprint density at radius 2 is 1.84 bits per heavy atom. The molecule has 4 rings (SSSR count). The van der Waals surface area contributed by atoms with Crippen LogP contribution in [0.25, 0.3) is 5.76 Å². The van der Waals surface area contributed by atoms with Gasteiger partial charge in [0.2, 0.25) is 0 Å². The van der Waals surface area contributed by atoms with Gasteiger partial charge in [0, 0.05) is 11.8 Å². The summed E-state index contributed by atoms with van der Waals surface area (Å²) in [6, 6.07) is 19.0. The zero-order valence-electron chi connectivity index (χ0n) is 17.3. The number of carbonyl (C=O) groups excluding carboxylic acids is 2. The summed E-state index contributed by atoms with van der Waals surface area (Å²) < 4.78 is 5.34. The number of aromatic nitrogens is 1. The summed E-state index contributed by atoms with van der Waals surface area (Å²) >= 11 is 0. The molecule has 1 N–H and O–H groups in total. The minimum absolute atomic E-state index is 0.0537. The predicted octanol–water partition coefficient (Wildman–Crippen LogP) is 4.02. The van der Waals surface area contributed by atoms with E-state index in [4.69, 9.17) is 4.74 Å². The highest BCUT2D eigenvalue weighted by atomic mass is 16.5. The van der Waals surface area contributed by atoms with Gasteiger partial charge >= 0.3 is 0 Å². The molecular weight excluding hydrogens is 392 g/mol. The Kier molecular flexibility index (Phi) is 5.54. The predicted molar refractivity (Wildman–Crippen MR) is 116 cm³/mol. The summed E-state index contributed by atoms with van der Waals surface area (Å²) in [5, 5.41) is 11.1. The van der Waals surface area contributed by atoms with Gasteiger partial charge in [0.25, 0.3) is 11.7 Å². The van der Waals surface area contributed by atoms with Crippen LogP contribution in [0.2, 0.25) is 0 Å². The van der Waals surface area contributed by atoms with Gasteiger partial charge < -0.3 is 14.7 Å². The Labute approximate surface area is 180 Å². The molecule has 0 bridgehead atoms. The molecule has 0 spiro atoms. The molecule has 1 fully saturated rings. The maximum Gasteiger partial charge on any atom is 0.296 e. The minimum Gasteiger partial charge on any atom is -0.507 e. The molecule has 2 heterocycles. The van der Waals surface area contributed by atoms with Crippen molar-refractivity contribution in [2.75, 3.05) is 7.11 Å². The molecule has 6 nitrogen and oxygen atoms in total. The number of Topliss-reactive ketones (excluding diaryl/α,β-unsaturated/α-hetero) is 1. The SMILES string of the molecule is COc1cccc(C2/C(=C(/O)c3ccc(C)cc3)C(=O)C(=O)N2Cc2ccccn2)c1. The Hall–Kier alpha value is -3.93. The van der Waals surface area contributed by atoms with E-state index >= 15 is 0 Å². The number of rotatable bonds is 5. The average molecular weight is 414 g/mol. The van der Waals surface area contributed by atoms with Gasteiger partial charge in [-0.25, -0.2) is 0 Å². The lowest BCUT2D eigenvalue weighted by molar-refractivity contribution is -0.140. The summed E-state index contributed by atoms with van der Waals surface area (Å²) in [7, 11) is 1.55. The van der Waals surface area contributed by atoms with Gasteiger partial charge in [0.15, 0.2) is 0 Å². The molecule has 6 heteroatoms. The minimum atomic E-state index is -0.765. The molecular formula is C25H22N2O4. The lowest BCUT2D eigenvalue weighted by Crippen LogP contribution is -2.29. The monoisotopic (exact) mass is 414 g/mol. The highest BCUT2D eigenvalue weighted by Crippen LogP contribution is 2.40. The van der Waals surface area contributed by atoms with Crippen molar-refractivity contribution in [3.05, 3.63) is 101 Å². The zero-order chi connectivity index (χ0) is 22.0. The first kappa shape index (κ1) is 20.3. The first-order valence-corrected chi connectivity index (χ1v) is 9.89. The van der Waals surface area contributed by atoms with Crippen molar-refractivity contribution < 1.29 is 19.4 Å². The van der Waals surface area contributed by atoms with E-state index in [-0.39, 0.29) is 17.9 Å². The number of nitrogens with zero attached hydrogens (tertiary/aromatic N) is 2. The second-order valence-corrected chi connectivity index (χ2v) is 7.39. The molecule has 1 aromatic heterocycles. The summed E-state index contributed by atoms with van der Waals surface area (Å²) in [6.07, 6.45) is 1.64. The molecule has 31 heavy (non-hydrogen) atoms. The maximum atomic E-state index is 13.1. The fourth-order valence-corrected chi connectivity index (χ4v) is 3.73. The van der Waals surface area contributed by atoms with Crippen molar-refractivity contribution in [3.63, 3.8) is 0 Å². The van der Waals surface area contributed by atoms with E-state index in [0.717, 1.165) is 5.56 Å². The number of aryl methyl sites for hydroxylation is 1. The fraction of sp³-hybridized carbons (Fsp3) is 0.160. The molecule has 0 aliphatic carbocycles. The van der Waals surface area contributed by atoms with Crippen molar-refractivity contribution >= 4 is 17.4 Å². The molecule has 3 aromatic rings. The average Bonchev–Trinajstić information content (AvgIpc) is 3.05. The van der Waals surface area contributed by atoms with Gasteiger partial charge in [-0.1, -0.05) is 48.0 Å². The number of ether oxygens (including phenoxy) is 1. The number of hydrogen-bond acceptors (Lipinski definition) is 5. The van der Waals surface area contributed by atoms with Gasteiger partial charge in [0.1, 0.15) is 11.5 Å². The van der Waals surface area contributed by atoms with Crippen LogP contribution >= 0.6 is 0 Å². The summed E-state index contributed by atoms with van der Waals surface area (Å²) in [5.41, 5.74) is 2.87. The van der Waals surface area contributed by atoms with Crippen LogP contribution < -0.4 is 4.74 Å². The number of carbonyl (C=O) groups is 2. The number of methoxy groups -OCH3 is 1. The zero-order valence-corrected chi connectivity index (χ0v) is 17.3. The Bertz CT molecular complexity index is 1150. The fourth-order valence-electron chi connectivity index (χ4n) is 3.73. The molecule has 1 atom stereocenters. The number of likely N-dealkylation sites (tertiary alicyclic amines) is 1. The van der Waals surface area contributed by atoms with Gasteiger partial charge in [-0.05, 0) is 36.8 Å². The number of aliphatic hydroxyl groups is 1. The van der Waals surface area contributed by atoms with Gasteiger partial charge in [-0.2, -0.15) is 0 Å². The van der Waals surface area contributed by atoms with E-state index < -0.39 is 17.7 Å². The second-order valence-electron chi connectivity index (χ2n) is 7.39. The number of ketones is 1. The van der Waals surface area contributed by atoms with Crippen molar-refractivity contribution in [2.24, 2.45) is 0 Å². The van der Waals surface area contributed by atoms with Crippen molar-refractivity contribution in [2.45, 2.75) is 19.5 Å². The molecule has 0 radical (unpaired) electrons. The third-order valence-electron chi connectivity index (χ3n) is 5.33. The van der Waals surface area contributed by atoms with Crippen LogP contribution in [-0.4, -0.2) is 33.8 Å². The lowest BCUT2D eigenvalue weighted by atomic mass is 9.95. The normalized spacial score (nSPS) is 17.7. The number of pyridine rings is 1. The van der Waals surface area contributed by atoms with Crippen molar-refractivity contribution in [3.8, 4) is 5.75 Å². The molecule has 1 aliphatic rings. The second kappa shape index (κ2) is 8.44. The van der Waals surface area contributed by atoms with E-state index in [0.29, 0.717) is 22.6 Å². The molecule has 1 saturated heterocycles. The van der Waals surface area contributed by atoms with Crippen LogP contribution in [-0.2, 0) is 16.1 Å². The lowest BCUT2D eigenvalue weighted by Gasteiger charge is -2.25. The Balaban J connectivity index is 1.87. The van der Waals surface area contributed by atoms with Crippen LogP contribution in [0, 0.1) is 6.92 Å². The quantitative estimate of drug-likeness (QED) is 0.388. The van der Waals surface area contributed by atoms with E-state index in [1.54, 1.807) is 55.8 Å². The third-order valence-corrected chi connectivity index (χ3v) is 5.33. The van der Waals surface area contributed by atoms with E-state index in [2.05, 4.69) is 4.98 Å². The largest absolute Gasteiger partial charge is 0.507 e. The summed E-state index contributed by atoms with van der Waals surface area (Å²) in [4.78, 5) is 31.8. The molecule has 2 aromatic carbocycles. The van der Waals surface area contributed by atoms with Crippen molar-refractivity contribution in [1.82, 2.24) is 9.88 Å². The number of benzene rings is 2. The van der Waals surface area contributed by atoms with E-state index in [9.17, 15) is 14.7 Å². The number of hydrogen-bond donors (Lipinski definition) is 1. The molecule has 1 amide bonds. The highest BCUT2D eigenvalue weighted by molar-refractivity contribution is 6.46. The van der Waals surface area contributed by atoms with E-state index in [1.807, 2.05) is 31.2 Å². The van der Waals surface area contributed by atoms with Crippen LogP contribution in [0.5, 0.6) is 5.75 Å². The molecule has 156 valence electrons. The Morgan fingerprint density at radius 1 is 1.06 bits per heavy atom. The summed E-state index contributed by atoms with van der Waals surface area (Å²) in [5.74, 6) is -1.00. The van der Waals surface area contributed by atoms with Crippen LogP contribution in [0.4, 0.5) is 0 Å². The first-order valence-electron chi connectivity index (χ1n) is 9.89. The van der Waals surface area contributed by atoms with Crippen LogP contribution in [0.15, 0.2) is 78.5 Å². The van der Waals surface area contributed by atoms with Gasteiger partial charge in [-0.3, -0.25) is 14.6 Å². The standard InChI is InChI=1S/C25H22N2O4/c1-16-9-11-17(12-10-16)23(28)21-22(18-6-5-8-20(14-18)31-2)27(25(30)24(21)29)15-19-7-3-4-13-26-19/h3-14,22,28H,15H2,1-2H3/b23-21-. The van der Waals surface area contributed by atoms with Crippen LogP contribution in [0.3, 0.4) is 0 Å². The molecule has 1 aliphatic heterocycles. The smallest absolute Gasteiger partial charge is 0.296 e. The topological polar surface area (TPSA) is 79.7 Å². The van der Waals surface area contributed by atoms with Crippen LogP contribution in [0.1, 0.15) is 28.4 Å². The van der Waals surface area contributed by atoms with Gasteiger partial charge in [-0.15, -0.1) is 0 Å². The number of aliphatic hydroxyl groups excluding tert-OH is 1. The third kappa shape index (κ3) is 3.92. The first-order chi connectivity index (χ1) is 15.0. The van der Waals surface area contributed by atoms with Crippen molar-refractivity contribution in [1.29, 1.82) is 0 Å². The maximum absolute atomic E-state index is 13.1.